The number of aromatic nitrogens is 5. The van der Waals surface area contributed by atoms with Gasteiger partial charge in [0.05, 0.1) is 23.0 Å². The van der Waals surface area contributed by atoms with Gasteiger partial charge in [-0.3, -0.25) is 18.7 Å². The Morgan fingerprint density at radius 1 is 1.06 bits per heavy atom. The van der Waals surface area contributed by atoms with Crippen LogP contribution in [0.3, 0.4) is 0 Å². The van der Waals surface area contributed by atoms with E-state index in [0.29, 0.717) is 24.2 Å². The van der Waals surface area contributed by atoms with Crippen LogP contribution < -0.4 is 11.1 Å². The van der Waals surface area contributed by atoms with Gasteiger partial charge >= 0.3 is 6.18 Å². The largest absolute Gasteiger partial charge is 0.435 e. The van der Waals surface area contributed by atoms with Crippen LogP contribution in [0.5, 0.6) is 0 Å². The lowest BCUT2D eigenvalue weighted by molar-refractivity contribution is -0.141. The van der Waals surface area contributed by atoms with E-state index >= 15 is 4.39 Å². The molecular formula is C29H30ClF6N9O2. The van der Waals surface area contributed by atoms with E-state index in [1.165, 1.54) is 33.8 Å². The zero-order valence-corrected chi connectivity index (χ0v) is 25.4. The minimum Gasteiger partial charge on any atom is -0.339 e. The molecule has 1 aromatic carbocycles. The summed E-state index contributed by atoms with van der Waals surface area (Å²) in [7, 11) is 0. The molecule has 3 N–H and O–H groups in total. The molecule has 0 radical (unpaired) electrons. The molecule has 1 saturated carbocycles. The van der Waals surface area contributed by atoms with Crippen LogP contribution in [0.25, 0.3) is 16.9 Å². The van der Waals surface area contributed by atoms with Crippen molar-refractivity contribution < 1.29 is 35.9 Å². The van der Waals surface area contributed by atoms with E-state index in [1.54, 1.807) is 4.90 Å². The number of fused-ring (bicyclic) bond motifs is 1. The van der Waals surface area contributed by atoms with E-state index in [4.69, 9.17) is 5.73 Å². The van der Waals surface area contributed by atoms with Gasteiger partial charge in [-0.1, -0.05) is 0 Å². The van der Waals surface area contributed by atoms with Crippen LogP contribution in [-0.4, -0.2) is 84.4 Å². The Bertz CT molecular complexity index is 1770. The molecule has 0 bridgehead atoms. The molecule has 1 saturated heterocycles. The Balaban J connectivity index is 0.00000433. The van der Waals surface area contributed by atoms with Gasteiger partial charge in [-0.2, -0.15) is 18.3 Å². The molecule has 11 nitrogen and oxygen atoms in total. The normalized spacial score (nSPS) is 18.6. The second-order valence-electron chi connectivity index (χ2n) is 11.3. The van der Waals surface area contributed by atoms with Crippen molar-refractivity contribution >= 4 is 41.4 Å². The highest BCUT2D eigenvalue weighted by atomic mass is 35.5. The first kappa shape index (κ1) is 34.0. The maximum Gasteiger partial charge on any atom is 0.435 e. The van der Waals surface area contributed by atoms with Gasteiger partial charge < -0.3 is 20.9 Å². The molecule has 1 aliphatic carbocycles. The van der Waals surface area contributed by atoms with Crippen LogP contribution in [0.2, 0.25) is 0 Å². The molecule has 2 amide bonds. The Hall–Kier alpha value is -4.38. The number of amides is 2. The van der Waals surface area contributed by atoms with Gasteiger partial charge in [0.1, 0.15) is 12.4 Å². The van der Waals surface area contributed by atoms with E-state index in [1.807, 2.05) is 0 Å². The van der Waals surface area contributed by atoms with Gasteiger partial charge in [-0.25, -0.2) is 23.1 Å². The standard InChI is InChI=1S/C29H29F6N9O2.ClH/c30-21-12-18(3-4-19(21)28(46)42-9-7-41(8-10-42)27(45)16-1-2-17(36)11-16)39-25-26-38-13-22(44(26)6-5-37-25)20-14-43(15-23(31)32)40-24(20)29(33,34)35;/h3-6,12-14,16-17,23H,1-2,7-11,15,36H2,(H,37,39);1H/t16-,17+;/m0./s1. The quantitative estimate of drug-likeness (QED) is 0.273. The van der Waals surface area contributed by atoms with E-state index in [0.717, 1.165) is 31.3 Å². The molecular weight excluding hydrogens is 656 g/mol. The molecule has 4 heterocycles. The van der Waals surface area contributed by atoms with E-state index in [2.05, 4.69) is 20.4 Å². The third kappa shape index (κ3) is 7.00. The van der Waals surface area contributed by atoms with Crippen LogP contribution in [0.15, 0.2) is 43.0 Å². The first-order valence-electron chi connectivity index (χ1n) is 14.5. The summed E-state index contributed by atoms with van der Waals surface area (Å²) in [6.07, 6.45) is -1.00. The molecule has 0 spiro atoms. The van der Waals surface area contributed by atoms with Crippen molar-refractivity contribution in [2.24, 2.45) is 11.7 Å². The average molecular weight is 686 g/mol. The number of nitrogens with two attached hydrogens (primary N) is 1. The molecule has 3 aromatic heterocycles. The second-order valence-corrected chi connectivity index (χ2v) is 11.3. The predicted molar refractivity (Wildman–Crippen MR) is 160 cm³/mol. The number of alkyl halides is 5. The van der Waals surface area contributed by atoms with Crippen molar-refractivity contribution in [2.45, 2.75) is 44.5 Å². The highest BCUT2D eigenvalue weighted by Crippen LogP contribution is 2.37. The number of hydrogen-bond donors (Lipinski definition) is 2. The maximum absolute atomic E-state index is 15.2. The Labute approximate surface area is 270 Å². The maximum atomic E-state index is 15.2. The number of hydrogen-bond acceptors (Lipinski definition) is 7. The van der Waals surface area contributed by atoms with Gasteiger partial charge in [-0.05, 0) is 37.5 Å². The van der Waals surface area contributed by atoms with Crippen LogP contribution in [0.4, 0.5) is 37.8 Å². The Morgan fingerprint density at radius 3 is 2.43 bits per heavy atom. The van der Waals surface area contributed by atoms with Gasteiger partial charge in [-0.15, -0.1) is 12.4 Å². The summed E-state index contributed by atoms with van der Waals surface area (Å²) in [5, 5.41) is 6.18. The van der Waals surface area contributed by atoms with Gasteiger partial charge in [0, 0.05) is 62.4 Å². The Morgan fingerprint density at radius 2 is 1.79 bits per heavy atom. The fourth-order valence-electron chi connectivity index (χ4n) is 5.96. The van der Waals surface area contributed by atoms with Gasteiger partial charge in [0.25, 0.3) is 12.3 Å². The molecule has 0 unspecified atom stereocenters. The van der Waals surface area contributed by atoms with Crippen molar-refractivity contribution in [1.29, 1.82) is 0 Å². The number of rotatable bonds is 7. The number of halogens is 7. The number of piperazine rings is 1. The number of nitrogens with zero attached hydrogens (tertiary/aromatic N) is 7. The fourth-order valence-corrected chi connectivity index (χ4v) is 5.96. The number of carbonyl (C=O) groups excluding carboxylic acids is 2. The van der Waals surface area contributed by atoms with Crippen LogP contribution in [0, 0.1) is 11.7 Å². The summed E-state index contributed by atoms with van der Waals surface area (Å²) >= 11 is 0. The molecule has 252 valence electrons. The number of nitrogens with one attached hydrogen (secondary N) is 1. The van der Waals surface area contributed by atoms with Crippen LogP contribution in [-0.2, 0) is 17.5 Å². The highest BCUT2D eigenvalue weighted by molar-refractivity contribution is 5.95. The van der Waals surface area contributed by atoms with Gasteiger partial charge in [0.15, 0.2) is 17.2 Å². The third-order valence-corrected chi connectivity index (χ3v) is 8.22. The zero-order chi connectivity index (χ0) is 32.7. The van der Waals surface area contributed by atoms with Crippen LogP contribution in [0.1, 0.15) is 35.3 Å². The van der Waals surface area contributed by atoms with Crippen molar-refractivity contribution in [3.63, 3.8) is 0 Å². The fraction of sp³-hybridized carbons (Fsp3) is 0.414. The first-order valence-corrected chi connectivity index (χ1v) is 14.5. The zero-order valence-electron chi connectivity index (χ0n) is 24.6. The summed E-state index contributed by atoms with van der Waals surface area (Å²) < 4.78 is 83.9. The summed E-state index contributed by atoms with van der Waals surface area (Å²) in [6.45, 7) is 0.181. The molecule has 4 aromatic rings. The van der Waals surface area contributed by atoms with Crippen LogP contribution >= 0.6 is 12.4 Å². The van der Waals surface area contributed by atoms with Crippen molar-refractivity contribution in [2.75, 3.05) is 31.5 Å². The molecule has 2 atom stereocenters. The molecule has 1 aliphatic heterocycles. The number of anilines is 2. The number of carbonyl (C=O) groups is 2. The monoisotopic (exact) mass is 685 g/mol. The topological polar surface area (TPSA) is 127 Å². The minimum atomic E-state index is -4.92. The lowest BCUT2D eigenvalue weighted by Gasteiger charge is -2.36. The lowest BCUT2D eigenvalue weighted by atomic mass is 10.1. The van der Waals surface area contributed by atoms with E-state index < -0.39 is 42.1 Å². The minimum absolute atomic E-state index is 0. The van der Waals surface area contributed by atoms with E-state index in [9.17, 15) is 31.5 Å². The predicted octanol–water partition coefficient (Wildman–Crippen LogP) is 4.59. The molecule has 47 heavy (non-hydrogen) atoms. The second kappa shape index (κ2) is 13.4. The van der Waals surface area contributed by atoms with Crippen molar-refractivity contribution in [1.82, 2.24) is 33.9 Å². The SMILES string of the molecule is Cl.N[C@@H]1CC[C@H](C(=O)N2CCN(C(=O)c3ccc(Nc4nccn5c(-c6cn(CC(F)F)nc6C(F)(F)F)cnc45)cc3F)CC2)C1. The highest BCUT2D eigenvalue weighted by Gasteiger charge is 2.39. The smallest absolute Gasteiger partial charge is 0.339 e. The summed E-state index contributed by atoms with van der Waals surface area (Å²) in [6, 6.07) is 3.87. The number of benzene rings is 1. The lowest BCUT2D eigenvalue weighted by Crippen LogP contribution is -2.52. The van der Waals surface area contributed by atoms with Crippen molar-refractivity contribution in [3.05, 3.63) is 60.1 Å². The average Bonchev–Trinajstić information content (AvgIpc) is 3.75. The summed E-state index contributed by atoms with van der Waals surface area (Å²) in [5.74, 6) is -1.34. The first-order chi connectivity index (χ1) is 21.9. The molecule has 6 rings (SSSR count). The summed E-state index contributed by atoms with van der Waals surface area (Å²) in [4.78, 5) is 37.5. The summed E-state index contributed by atoms with van der Waals surface area (Å²) in [5.41, 5.74) is 4.14. The molecule has 2 fully saturated rings. The van der Waals surface area contributed by atoms with Crippen molar-refractivity contribution in [3.8, 4) is 11.3 Å². The number of imidazole rings is 1. The molecule has 18 heteroatoms. The molecule has 2 aliphatic rings. The van der Waals surface area contributed by atoms with E-state index in [-0.39, 0.29) is 71.8 Å². The third-order valence-electron chi connectivity index (χ3n) is 8.22. The van der Waals surface area contributed by atoms with Gasteiger partial charge in [0.2, 0.25) is 5.91 Å². The Kier molecular flexibility index (Phi) is 9.68.